The summed E-state index contributed by atoms with van der Waals surface area (Å²) in [6.45, 7) is 1.70. The molecule has 1 unspecified atom stereocenters. The minimum atomic E-state index is -1.40. The first-order chi connectivity index (χ1) is 8.10. The average molecular weight is 305 g/mol. The molecule has 0 aliphatic carbocycles. The molecule has 0 N–H and O–H groups in total. The van der Waals surface area contributed by atoms with E-state index in [4.69, 9.17) is 4.74 Å². The van der Waals surface area contributed by atoms with Crippen molar-refractivity contribution in [2.24, 2.45) is 0 Å². The van der Waals surface area contributed by atoms with Gasteiger partial charge < -0.3 is 4.74 Å². The highest BCUT2D eigenvalue weighted by molar-refractivity contribution is 9.10. The summed E-state index contributed by atoms with van der Waals surface area (Å²) in [5.41, 5.74) is 0.314. The van der Waals surface area contributed by atoms with Crippen molar-refractivity contribution < 1.29 is 23.8 Å². The number of rotatable bonds is 4. The van der Waals surface area contributed by atoms with Crippen LogP contribution in [0.5, 0.6) is 0 Å². The number of esters is 1. The fourth-order valence-electron chi connectivity index (χ4n) is 1.29. The van der Waals surface area contributed by atoms with Crippen LogP contribution in [0.2, 0.25) is 0 Å². The molecule has 1 rings (SSSR count). The molecule has 0 amide bonds. The lowest BCUT2D eigenvalue weighted by molar-refractivity contribution is -0.188. The Morgan fingerprint density at radius 2 is 1.88 bits per heavy atom. The molecule has 0 spiro atoms. The Labute approximate surface area is 106 Å². The van der Waals surface area contributed by atoms with Crippen LogP contribution in [0.4, 0.5) is 4.53 Å². The van der Waals surface area contributed by atoms with Crippen LogP contribution in [-0.4, -0.2) is 18.5 Å². The van der Waals surface area contributed by atoms with Crippen LogP contribution in [0.1, 0.15) is 18.4 Å². The second kappa shape index (κ2) is 6.34. The Bertz CT molecular complexity index is 404. The fourth-order valence-corrected chi connectivity index (χ4v) is 1.56. The fraction of sp³-hybridized carbons (Fsp3) is 0.273. The van der Waals surface area contributed by atoms with Crippen molar-refractivity contribution in [3.8, 4) is 0 Å². The number of hydrogen-bond acceptors (Lipinski definition) is 4. The van der Waals surface area contributed by atoms with Crippen molar-refractivity contribution in [2.75, 3.05) is 6.61 Å². The summed E-state index contributed by atoms with van der Waals surface area (Å²) in [6.07, 6.45) is 0. The summed E-state index contributed by atoms with van der Waals surface area (Å²) in [6, 6.07) is 6.30. The molecule has 0 fully saturated rings. The first-order valence-electron chi connectivity index (χ1n) is 4.84. The number of benzene rings is 1. The van der Waals surface area contributed by atoms with Crippen molar-refractivity contribution in [1.82, 2.24) is 0 Å². The van der Waals surface area contributed by atoms with E-state index in [1.165, 1.54) is 12.1 Å². The second-order valence-electron chi connectivity index (χ2n) is 3.13. The zero-order chi connectivity index (χ0) is 12.8. The van der Waals surface area contributed by atoms with E-state index in [0.717, 1.165) is 4.47 Å². The zero-order valence-electron chi connectivity index (χ0n) is 8.98. The van der Waals surface area contributed by atoms with E-state index in [-0.39, 0.29) is 6.61 Å². The van der Waals surface area contributed by atoms with Gasteiger partial charge >= 0.3 is 11.9 Å². The summed E-state index contributed by atoms with van der Waals surface area (Å²) >= 11 is 3.21. The molecular formula is C11H10BrFO4. The van der Waals surface area contributed by atoms with Crippen molar-refractivity contribution in [2.45, 2.75) is 12.8 Å². The van der Waals surface area contributed by atoms with Gasteiger partial charge in [-0.1, -0.05) is 28.1 Å². The second-order valence-corrected chi connectivity index (χ2v) is 4.05. The zero-order valence-corrected chi connectivity index (χ0v) is 10.6. The van der Waals surface area contributed by atoms with E-state index < -0.39 is 17.9 Å². The highest BCUT2D eigenvalue weighted by atomic mass is 79.9. The first kappa shape index (κ1) is 13.6. The highest BCUT2D eigenvalue weighted by Gasteiger charge is 2.32. The van der Waals surface area contributed by atoms with Crippen LogP contribution < -0.4 is 0 Å². The Morgan fingerprint density at radius 1 is 1.29 bits per heavy atom. The molecule has 0 saturated carbocycles. The topological polar surface area (TPSA) is 52.6 Å². The molecule has 0 aliphatic rings. The van der Waals surface area contributed by atoms with Crippen molar-refractivity contribution >= 4 is 27.9 Å². The van der Waals surface area contributed by atoms with E-state index in [2.05, 4.69) is 20.9 Å². The number of halogens is 2. The molecule has 0 heterocycles. The van der Waals surface area contributed by atoms with Crippen LogP contribution >= 0.6 is 15.9 Å². The molecule has 6 heteroatoms. The van der Waals surface area contributed by atoms with Gasteiger partial charge in [-0.25, -0.2) is 4.79 Å². The molecule has 17 heavy (non-hydrogen) atoms. The van der Waals surface area contributed by atoms with Crippen LogP contribution in [0.3, 0.4) is 0 Å². The summed E-state index contributed by atoms with van der Waals surface area (Å²) < 4.78 is 17.4. The molecule has 0 bridgehead atoms. The minimum absolute atomic E-state index is 0.103. The van der Waals surface area contributed by atoms with Gasteiger partial charge in [-0.3, -0.25) is 9.74 Å². The lowest BCUT2D eigenvalue weighted by atomic mass is 10.00. The van der Waals surface area contributed by atoms with E-state index in [0.29, 0.717) is 5.56 Å². The third kappa shape index (κ3) is 3.52. The molecule has 0 saturated heterocycles. The predicted molar refractivity (Wildman–Crippen MR) is 60.7 cm³/mol. The van der Waals surface area contributed by atoms with Gasteiger partial charge in [0.1, 0.15) is 0 Å². The van der Waals surface area contributed by atoms with Gasteiger partial charge in [0, 0.05) is 9.00 Å². The molecule has 0 aliphatic heterocycles. The molecule has 92 valence electrons. The molecule has 1 aromatic carbocycles. The van der Waals surface area contributed by atoms with Gasteiger partial charge in [0.2, 0.25) is 0 Å². The van der Waals surface area contributed by atoms with Gasteiger partial charge in [-0.2, -0.15) is 0 Å². The standard InChI is InChI=1S/C11H10BrFO4/c1-2-16-10(14)9(11(15)17-13)7-3-5-8(12)6-4-7/h3-6,9H,2H2,1H3. The normalized spacial score (nSPS) is 11.7. The van der Waals surface area contributed by atoms with Gasteiger partial charge in [0.25, 0.3) is 0 Å². The molecular weight excluding hydrogens is 295 g/mol. The van der Waals surface area contributed by atoms with Crippen LogP contribution in [-0.2, 0) is 19.3 Å². The number of hydrogen-bond donors (Lipinski definition) is 0. The quantitative estimate of drug-likeness (QED) is 0.633. The number of carbonyl (C=O) groups is 2. The highest BCUT2D eigenvalue weighted by Crippen LogP contribution is 2.22. The molecule has 0 radical (unpaired) electrons. The number of carbonyl (C=O) groups excluding carboxylic acids is 2. The SMILES string of the molecule is CCOC(=O)C(C(=O)OF)c1ccc(Br)cc1. The number of ether oxygens (including phenoxy) is 1. The molecule has 4 nitrogen and oxygen atoms in total. The summed E-state index contributed by atoms with van der Waals surface area (Å²) in [4.78, 5) is 25.8. The van der Waals surface area contributed by atoms with E-state index in [9.17, 15) is 14.1 Å². The van der Waals surface area contributed by atoms with Gasteiger partial charge in [-0.05, 0) is 24.6 Å². The molecule has 0 aromatic heterocycles. The molecule has 1 atom stereocenters. The molecule has 1 aromatic rings. The lowest BCUT2D eigenvalue weighted by Crippen LogP contribution is -2.24. The van der Waals surface area contributed by atoms with Crippen molar-refractivity contribution in [1.29, 1.82) is 0 Å². The third-order valence-electron chi connectivity index (χ3n) is 2.04. The maximum atomic E-state index is 11.9. The maximum absolute atomic E-state index is 11.9. The predicted octanol–water partition coefficient (Wildman–Crippen LogP) is 2.52. The third-order valence-corrected chi connectivity index (χ3v) is 2.57. The Kier molecular flexibility index (Phi) is 5.09. The van der Waals surface area contributed by atoms with E-state index in [1.54, 1.807) is 19.1 Å². The average Bonchev–Trinajstić information content (AvgIpc) is 2.32. The van der Waals surface area contributed by atoms with Crippen LogP contribution in [0, 0.1) is 0 Å². The van der Waals surface area contributed by atoms with Gasteiger partial charge in [0.15, 0.2) is 5.92 Å². The van der Waals surface area contributed by atoms with Crippen molar-refractivity contribution in [3.63, 3.8) is 0 Å². The minimum Gasteiger partial charge on any atom is -0.465 e. The summed E-state index contributed by atoms with van der Waals surface area (Å²) in [7, 11) is 0. The van der Waals surface area contributed by atoms with Crippen LogP contribution in [0.25, 0.3) is 0 Å². The van der Waals surface area contributed by atoms with Crippen LogP contribution in [0.15, 0.2) is 28.7 Å². The Morgan fingerprint density at radius 3 is 2.35 bits per heavy atom. The first-order valence-corrected chi connectivity index (χ1v) is 5.64. The van der Waals surface area contributed by atoms with Crippen molar-refractivity contribution in [3.05, 3.63) is 34.3 Å². The monoisotopic (exact) mass is 304 g/mol. The Balaban J connectivity index is 3.01. The lowest BCUT2D eigenvalue weighted by Gasteiger charge is -2.11. The van der Waals surface area contributed by atoms with E-state index >= 15 is 0 Å². The maximum Gasteiger partial charge on any atom is 0.367 e. The smallest absolute Gasteiger partial charge is 0.367 e. The van der Waals surface area contributed by atoms with Gasteiger partial charge in [0.05, 0.1) is 6.61 Å². The summed E-state index contributed by atoms with van der Waals surface area (Å²) in [5.74, 6) is -3.52. The van der Waals surface area contributed by atoms with E-state index in [1.807, 2.05) is 0 Å². The summed E-state index contributed by atoms with van der Waals surface area (Å²) in [5, 5.41) is 0. The van der Waals surface area contributed by atoms with Gasteiger partial charge in [-0.15, -0.1) is 0 Å². The Hall–Kier alpha value is -1.43. The largest absolute Gasteiger partial charge is 0.465 e.